The van der Waals surface area contributed by atoms with Gasteiger partial charge in [-0.2, -0.15) is 4.57 Å². The zero-order valence-electron chi connectivity index (χ0n) is 11.9. The molecule has 0 N–H and O–H groups in total. The van der Waals surface area contributed by atoms with Gasteiger partial charge in [0.15, 0.2) is 11.9 Å². The first-order valence-corrected chi connectivity index (χ1v) is 6.86. The molecule has 1 aromatic heterocycles. The van der Waals surface area contributed by atoms with E-state index >= 15 is 0 Å². The molecule has 0 fully saturated rings. The van der Waals surface area contributed by atoms with E-state index in [0.717, 1.165) is 17.2 Å². The Morgan fingerprint density at radius 3 is 2.65 bits per heavy atom. The molecule has 2 aromatic carbocycles. The van der Waals surface area contributed by atoms with Crippen molar-refractivity contribution in [3.8, 4) is 22.8 Å². The van der Waals surface area contributed by atoms with E-state index in [9.17, 15) is 0 Å². The first-order valence-electron chi connectivity index (χ1n) is 6.86. The van der Waals surface area contributed by atoms with E-state index in [1.54, 1.807) is 0 Å². The van der Waals surface area contributed by atoms with E-state index < -0.39 is 0 Å². The first kappa shape index (κ1) is 11.5. The van der Waals surface area contributed by atoms with E-state index in [-0.39, 0.29) is 0 Å². The Balaban J connectivity index is 2.28. The molecule has 0 atom stereocenters. The molecule has 0 radical (unpaired) electrons. The van der Waals surface area contributed by atoms with E-state index in [0.29, 0.717) is 0 Å². The molecular formula is C18H16NO+. The van der Waals surface area contributed by atoms with Gasteiger partial charge in [-0.1, -0.05) is 18.2 Å². The fourth-order valence-electron chi connectivity index (χ4n) is 3.13. The molecule has 0 spiro atoms. The molecule has 0 unspecified atom stereocenters. The molecule has 0 aliphatic carbocycles. The van der Waals surface area contributed by atoms with Gasteiger partial charge in [0, 0.05) is 11.5 Å². The van der Waals surface area contributed by atoms with Crippen molar-refractivity contribution >= 4 is 10.8 Å². The van der Waals surface area contributed by atoms with Crippen LogP contribution in [-0.2, 0) is 7.05 Å². The Labute approximate surface area is 118 Å². The number of aromatic nitrogens is 1. The number of ether oxygens (including phenoxy) is 1. The summed E-state index contributed by atoms with van der Waals surface area (Å²) in [5.74, 6) is 1.89. The van der Waals surface area contributed by atoms with Gasteiger partial charge in [0.1, 0.15) is 12.8 Å². The highest BCUT2D eigenvalue weighted by atomic mass is 16.5. The molecule has 98 valence electrons. The van der Waals surface area contributed by atoms with E-state index in [2.05, 4.69) is 55.9 Å². The highest BCUT2D eigenvalue weighted by Gasteiger charge is 2.28. The lowest BCUT2D eigenvalue weighted by molar-refractivity contribution is -0.660. The van der Waals surface area contributed by atoms with Gasteiger partial charge in [0.25, 0.3) is 5.69 Å². The smallest absolute Gasteiger partial charge is 0.256 e. The number of nitrogens with zero attached hydrogens (tertiary/aromatic N) is 1. The van der Waals surface area contributed by atoms with E-state index in [1.165, 1.54) is 27.5 Å². The minimum absolute atomic E-state index is 0.934. The third kappa shape index (κ3) is 1.36. The second kappa shape index (κ2) is 3.83. The molecule has 1 aliphatic heterocycles. The van der Waals surface area contributed by atoms with Gasteiger partial charge in [-0.15, -0.1) is 0 Å². The van der Waals surface area contributed by atoms with Crippen LogP contribution in [-0.4, -0.2) is 0 Å². The molecule has 1 aliphatic rings. The Hall–Kier alpha value is -2.35. The third-order valence-corrected chi connectivity index (χ3v) is 4.25. The number of fused-ring (bicyclic) bond motifs is 2. The predicted molar refractivity (Wildman–Crippen MR) is 80.1 cm³/mol. The maximum absolute atomic E-state index is 6.10. The summed E-state index contributed by atoms with van der Waals surface area (Å²) in [6.45, 7) is 4.37. The van der Waals surface area contributed by atoms with Gasteiger partial charge in [-0.05, 0) is 42.5 Å². The van der Waals surface area contributed by atoms with Gasteiger partial charge in [-0.3, -0.25) is 0 Å². The zero-order chi connectivity index (χ0) is 13.9. The number of hydrogen-bond donors (Lipinski definition) is 0. The van der Waals surface area contributed by atoms with E-state index in [1.807, 2.05) is 12.1 Å². The van der Waals surface area contributed by atoms with Gasteiger partial charge < -0.3 is 4.74 Å². The second-order valence-electron chi connectivity index (χ2n) is 5.48. The average molecular weight is 262 g/mol. The first-order chi connectivity index (χ1) is 9.66. The van der Waals surface area contributed by atoms with Crippen molar-refractivity contribution in [2.45, 2.75) is 13.8 Å². The van der Waals surface area contributed by atoms with Crippen molar-refractivity contribution in [3.63, 3.8) is 0 Å². The van der Waals surface area contributed by atoms with Gasteiger partial charge in [0.05, 0.1) is 5.56 Å². The molecule has 2 nitrogen and oxygen atoms in total. The standard InChI is InChI=1S/C18H16NO/c1-11-10-13-6-4-7-14-17(13)16(12(11)2)18-15(20-14)8-5-9-19(18)3/h4-10H,1-3H3/q+1. The maximum atomic E-state index is 6.10. The van der Waals surface area contributed by atoms with Crippen molar-refractivity contribution in [3.05, 3.63) is 53.7 Å². The summed E-state index contributed by atoms with van der Waals surface area (Å²) in [6, 6.07) is 12.6. The fourth-order valence-corrected chi connectivity index (χ4v) is 3.13. The molecule has 4 rings (SSSR count). The second-order valence-corrected chi connectivity index (χ2v) is 5.48. The highest BCUT2D eigenvalue weighted by Crippen LogP contribution is 2.46. The predicted octanol–water partition coefficient (Wildman–Crippen LogP) is 4.05. The summed E-state index contributed by atoms with van der Waals surface area (Å²) in [7, 11) is 2.07. The summed E-state index contributed by atoms with van der Waals surface area (Å²) in [5, 5.41) is 2.47. The van der Waals surface area contributed by atoms with Crippen LogP contribution < -0.4 is 9.30 Å². The molecule has 0 saturated heterocycles. The molecule has 20 heavy (non-hydrogen) atoms. The van der Waals surface area contributed by atoms with Crippen LogP contribution >= 0.6 is 0 Å². The van der Waals surface area contributed by atoms with Crippen molar-refractivity contribution in [2.75, 3.05) is 0 Å². The molecule has 0 saturated carbocycles. The minimum Gasteiger partial charge on any atom is -0.450 e. The van der Waals surface area contributed by atoms with Crippen LogP contribution in [0, 0.1) is 13.8 Å². The quantitative estimate of drug-likeness (QED) is 0.436. The number of rotatable bonds is 0. The normalized spacial score (nSPS) is 12.2. The Kier molecular flexibility index (Phi) is 2.19. The summed E-state index contributed by atoms with van der Waals surface area (Å²) in [6.07, 6.45) is 2.07. The van der Waals surface area contributed by atoms with Gasteiger partial charge >= 0.3 is 0 Å². The average Bonchev–Trinajstić information content (AvgIpc) is 2.44. The molecule has 2 heterocycles. The zero-order valence-corrected chi connectivity index (χ0v) is 11.9. The minimum atomic E-state index is 0.934. The number of pyridine rings is 1. The maximum Gasteiger partial charge on any atom is 0.256 e. The number of aryl methyl sites for hydroxylation is 2. The SMILES string of the molecule is Cc1cc2cccc3c2c(c1C)-c1c(ccc[n+]1C)O3. The monoisotopic (exact) mass is 262 g/mol. The lowest BCUT2D eigenvalue weighted by Crippen LogP contribution is -2.31. The largest absolute Gasteiger partial charge is 0.450 e. The summed E-state index contributed by atoms with van der Waals surface area (Å²) >= 11 is 0. The lowest BCUT2D eigenvalue weighted by Gasteiger charge is -2.21. The van der Waals surface area contributed by atoms with E-state index in [4.69, 9.17) is 4.74 Å². The highest BCUT2D eigenvalue weighted by molar-refractivity contribution is 6.04. The van der Waals surface area contributed by atoms with Crippen LogP contribution in [0.5, 0.6) is 11.5 Å². The van der Waals surface area contributed by atoms with Gasteiger partial charge in [-0.25, -0.2) is 0 Å². The van der Waals surface area contributed by atoms with Crippen LogP contribution in [0.4, 0.5) is 0 Å². The van der Waals surface area contributed by atoms with Crippen molar-refractivity contribution < 1.29 is 9.30 Å². The van der Waals surface area contributed by atoms with Crippen LogP contribution in [0.15, 0.2) is 42.6 Å². The molecule has 3 aromatic rings. The van der Waals surface area contributed by atoms with Crippen LogP contribution in [0.25, 0.3) is 22.0 Å². The third-order valence-electron chi connectivity index (χ3n) is 4.25. The lowest BCUT2D eigenvalue weighted by atomic mass is 9.91. The Bertz CT molecular complexity index is 865. The fraction of sp³-hybridized carbons (Fsp3) is 0.167. The molecule has 0 bridgehead atoms. The van der Waals surface area contributed by atoms with Gasteiger partial charge in [0.2, 0.25) is 0 Å². The van der Waals surface area contributed by atoms with Crippen molar-refractivity contribution in [1.82, 2.24) is 0 Å². The van der Waals surface area contributed by atoms with Crippen molar-refractivity contribution in [1.29, 1.82) is 0 Å². The Morgan fingerprint density at radius 2 is 1.80 bits per heavy atom. The van der Waals surface area contributed by atoms with Crippen molar-refractivity contribution in [2.24, 2.45) is 7.05 Å². The van der Waals surface area contributed by atoms with Crippen LogP contribution in [0.3, 0.4) is 0 Å². The van der Waals surface area contributed by atoms with Crippen LogP contribution in [0.2, 0.25) is 0 Å². The summed E-state index contributed by atoms with van der Waals surface area (Å²) in [5.41, 5.74) is 5.12. The summed E-state index contributed by atoms with van der Waals surface area (Å²) in [4.78, 5) is 0. The molecule has 0 amide bonds. The topological polar surface area (TPSA) is 13.1 Å². The molecule has 2 heteroatoms. The molecular weight excluding hydrogens is 246 g/mol. The summed E-state index contributed by atoms with van der Waals surface area (Å²) < 4.78 is 8.25. The Morgan fingerprint density at radius 1 is 1.00 bits per heavy atom. The number of benzene rings is 2. The number of hydrogen-bond acceptors (Lipinski definition) is 1. The van der Waals surface area contributed by atoms with Crippen LogP contribution in [0.1, 0.15) is 11.1 Å².